The van der Waals surface area contributed by atoms with Gasteiger partial charge in [-0.05, 0) is 17.7 Å². The van der Waals surface area contributed by atoms with Gasteiger partial charge in [-0.15, -0.1) is 15.3 Å². The predicted molar refractivity (Wildman–Crippen MR) is 104 cm³/mol. The zero-order chi connectivity index (χ0) is 20.2. The molecule has 0 saturated heterocycles. The number of benzene rings is 2. The number of H-pyrrole nitrogens is 1. The lowest BCUT2D eigenvalue weighted by molar-refractivity contribution is -0.384. The second-order valence-electron chi connectivity index (χ2n) is 5.98. The Labute approximate surface area is 167 Å². The van der Waals surface area contributed by atoms with E-state index in [4.69, 9.17) is 4.42 Å². The lowest BCUT2D eigenvalue weighted by Crippen LogP contribution is -2.18. The number of rotatable bonds is 7. The summed E-state index contributed by atoms with van der Waals surface area (Å²) in [5.74, 6) is 0.934. The molecule has 0 radical (unpaired) electrons. The van der Waals surface area contributed by atoms with Crippen LogP contribution in [0.1, 0.15) is 11.5 Å². The Morgan fingerprint density at radius 3 is 2.59 bits per heavy atom. The number of aromatic nitrogens is 5. The van der Waals surface area contributed by atoms with E-state index in [1.165, 1.54) is 28.5 Å². The van der Waals surface area contributed by atoms with Gasteiger partial charge in [0.15, 0.2) is 5.16 Å². The van der Waals surface area contributed by atoms with Crippen LogP contribution in [0.5, 0.6) is 0 Å². The van der Waals surface area contributed by atoms with Crippen molar-refractivity contribution in [2.45, 2.75) is 17.5 Å². The summed E-state index contributed by atoms with van der Waals surface area (Å²) in [5.41, 5.74) is 1.25. The Hall–Kier alpha value is -3.73. The van der Waals surface area contributed by atoms with E-state index in [1.807, 2.05) is 30.3 Å². The Balaban J connectivity index is 1.45. The Morgan fingerprint density at radius 1 is 1.10 bits per heavy atom. The molecule has 4 aromatic rings. The van der Waals surface area contributed by atoms with Crippen molar-refractivity contribution in [1.29, 1.82) is 0 Å². The van der Waals surface area contributed by atoms with Gasteiger partial charge in [-0.2, -0.15) is 0 Å². The fraction of sp³-hybridized carbons (Fsp3) is 0.111. The number of non-ortho nitro benzene ring substituents is 1. The van der Waals surface area contributed by atoms with Crippen molar-refractivity contribution in [2.24, 2.45) is 0 Å². The van der Waals surface area contributed by atoms with E-state index in [0.717, 1.165) is 5.56 Å². The zero-order valence-electron chi connectivity index (χ0n) is 14.9. The summed E-state index contributed by atoms with van der Waals surface area (Å²) in [6.07, 6.45) is 0. The van der Waals surface area contributed by atoms with E-state index < -0.39 is 4.92 Å². The van der Waals surface area contributed by atoms with Gasteiger partial charge in [0.05, 0.1) is 17.2 Å². The van der Waals surface area contributed by atoms with Crippen molar-refractivity contribution in [3.05, 3.63) is 86.7 Å². The van der Waals surface area contributed by atoms with Crippen molar-refractivity contribution in [2.75, 3.05) is 0 Å². The minimum atomic E-state index is -0.474. The number of hydrogen-bond acceptors (Lipinski definition) is 8. The van der Waals surface area contributed by atoms with Crippen LogP contribution in [0, 0.1) is 10.1 Å². The number of thioether (sulfide) groups is 1. The van der Waals surface area contributed by atoms with E-state index >= 15 is 0 Å². The molecule has 0 aliphatic rings. The maximum Gasteiger partial charge on any atom is 0.344 e. The molecule has 2 aromatic heterocycles. The third-order valence-electron chi connectivity index (χ3n) is 4.02. The normalized spacial score (nSPS) is 10.9. The zero-order valence-corrected chi connectivity index (χ0v) is 15.7. The number of nitrogens with zero attached hydrogens (tertiary/aromatic N) is 5. The van der Waals surface area contributed by atoms with Crippen LogP contribution in [-0.2, 0) is 12.3 Å². The lowest BCUT2D eigenvalue weighted by Gasteiger charge is -2.04. The largest absolute Gasteiger partial charge is 0.420 e. The lowest BCUT2D eigenvalue weighted by atomic mass is 10.2. The van der Waals surface area contributed by atoms with Gasteiger partial charge in [-0.3, -0.25) is 14.7 Å². The standard InChI is InChI=1S/C18H14N6O4S/c25-17-21-22-18(23(17)10-12-4-2-1-3-5-12)29-11-15-19-20-16(28-15)13-6-8-14(9-7-13)24(26)27/h1-9H,10-11H2,(H,21,25). The number of nitro groups is 1. The molecule has 0 amide bonds. The van der Waals surface area contributed by atoms with Gasteiger partial charge in [0, 0.05) is 17.7 Å². The number of nitrogens with one attached hydrogen (secondary N) is 1. The van der Waals surface area contributed by atoms with Crippen molar-refractivity contribution in [3.8, 4) is 11.5 Å². The van der Waals surface area contributed by atoms with Gasteiger partial charge < -0.3 is 4.42 Å². The first kappa shape index (κ1) is 18.6. The summed E-state index contributed by atoms with van der Waals surface area (Å²) in [6, 6.07) is 15.4. The molecule has 4 rings (SSSR count). The minimum absolute atomic E-state index is 0.0148. The van der Waals surface area contributed by atoms with E-state index in [-0.39, 0.29) is 17.3 Å². The van der Waals surface area contributed by atoms with Gasteiger partial charge >= 0.3 is 5.69 Å². The van der Waals surface area contributed by atoms with Gasteiger partial charge in [0.25, 0.3) is 5.69 Å². The molecule has 146 valence electrons. The van der Waals surface area contributed by atoms with Crippen LogP contribution >= 0.6 is 11.8 Å². The molecule has 1 N–H and O–H groups in total. The van der Waals surface area contributed by atoms with E-state index in [1.54, 1.807) is 12.1 Å². The molecule has 0 saturated carbocycles. The molecule has 0 spiro atoms. The Bertz CT molecular complexity index is 1180. The second kappa shape index (κ2) is 8.10. The molecule has 29 heavy (non-hydrogen) atoms. The number of aromatic amines is 1. The van der Waals surface area contributed by atoms with E-state index in [0.29, 0.717) is 28.9 Å². The fourth-order valence-corrected chi connectivity index (χ4v) is 3.38. The van der Waals surface area contributed by atoms with E-state index in [2.05, 4.69) is 20.4 Å². The first-order valence-electron chi connectivity index (χ1n) is 8.49. The van der Waals surface area contributed by atoms with Crippen molar-refractivity contribution in [1.82, 2.24) is 25.0 Å². The molecule has 0 unspecified atom stereocenters. The van der Waals surface area contributed by atoms with Crippen LogP contribution in [0.4, 0.5) is 5.69 Å². The van der Waals surface area contributed by atoms with Crippen molar-refractivity contribution < 1.29 is 9.34 Å². The number of nitro benzene ring substituents is 1. The number of hydrogen-bond donors (Lipinski definition) is 1. The van der Waals surface area contributed by atoms with Crippen LogP contribution in [0.25, 0.3) is 11.5 Å². The van der Waals surface area contributed by atoms with Crippen molar-refractivity contribution in [3.63, 3.8) is 0 Å². The Kier molecular flexibility index (Phi) is 5.20. The average Bonchev–Trinajstić information content (AvgIpc) is 3.35. The maximum absolute atomic E-state index is 12.1. The van der Waals surface area contributed by atoms with Gasteiger partial charge in [-0.1, -0.05) is 42.1 Å². The quantitative estimate of drug-likeness (QED) is 0.279. The highest BCUT2D eigenvalue weighted by Crippen LogP contribution is 2.24. The second-order valence-corrected chi connectivity index (χ2v) is 6.92. The first-order chi connectivity index (χ1) is 14.1. The summed E-state index contributed by atoms with van der Waals surface area (Å²) in [7, 11) is 0. The van der Waals surface area contributed by atoms with Crippen LogP contribution in [-0.4, -0.2) is 29.9 Å². The summed E-state index contributed by atoms with van der Waals surface area (Å²) < 4.78 is 7.15. The first-order valence-corrected chi connectivity index (χ1v) is 9.48. The van der Waals surface area contributed by atoms with Gasteiger partial charge in [0.1, 0.15) is 0 Å². The molecule has 10 nitrogen and oxygen atoms in total. The van der Waals surface area contributed by atoms with E-state index in [9.17, 15) is 14.9 Å². The molecule has 0 bridgehead atoms. The highest BCUT2D eigenvalue weighted by atomic mass is 32.2. The molecule has 2 heterocycles. The third kappa shape index (κ3) is 4.24. The van der Waals surface area contributed by atoms with Gasteiger partial charge in [0.2, 0.25) is 11.8 Å². The molecule has 2 aromatic carbocycles. The van der Waals surface area contributed by atoms with Crippen LogP contribution < -0.4 is 5.69 Å². The van der Waals surface area contributed by atoms with Crippen LogP contribution in [0.3, 0.4) is 0 Å². The molecular formula is C18H14N6O4S. The smallest absolute Gasteiger partial charge is 0.344 e. The molecular weight excluding hydrogens is 396 g/mol. The summed E-state index contributed by atoms with van der Waals surface area (Å²) in [4.78, 5) is 22.3. The topological polar surface area (TPSA) is 133 Å². The average molecular weight is 410 g/mol. The summed E-state index contributed by atoms with van der Waals surface area (Å²) in [5, 5.41) is 25.7. The SMILES string of the molecule is O=c1[nH]nc(SCc2nnc(-c3ccc([N+](=O)[O-])cc3)o2)n1Cc1ccccc1. The molecule has 0 atom stereocenters. The van der Waals surface area contributed by atoms with Crippen LogP contribution in [0.2, 0.25) is 0 Å². The van der Waals surface area contributed by atoms with Gasteiger partial charge in [-0.25, -0.2) is 9.89 Å². The molecule has 0 fully saturated rings. The molecule has 0 aliphatic carbocycles. The Morgan fingerprint density at radius 2 is 1.86 bits per heavy atom. The predicted octanol–water partition coefficient (Wildman–Crippen LogP) is 2.87. The summed E-state index contributed by atoms with van der Waals surface area (Å²) >= 11 is 1.29. The molecule has 11 heteroatoms. The summed E-state index contributed by atoms with van der Waals surface area (Å²) in [6.45, 7) is 0.399. The minimum Gasteiger partial charge on any atom is -0.420 e. The van der Waals surface area contributed by atoms with Crippen LogP contribution in [0.15, 0.2) is 69.0 Å². The van der Waals surface area contributed by atoms with Crippen molar-refractivity contribution >= 4 is 17.4 Å². The third-order valence-corrected chi connectivity index (χ3v) is 4.98. The molecule has 0 aliphatic heterocycles. The highest BCUT2D eigenvalue weighted by molar-refractivity contribution is 7.98. The highest BCUT2D eigenvalue weighted by Gasteiger charge is 2.14. The maximum atomic E-state index is 12.1. The fourth-order valence-electron chi connectivity index (χ4n) is 2.60. The monoisotopic (exact) mass is 410 g/mol.